The van der Waals surface area contributed by atoms with Crippen molar-refractivity contribution in [2.24, 2.45) is 5.92 Å². The maximum absolute atomic E-state index is 12.1. The van der Waals surface area contributed by atoms with Crippen LogP contribution in [0.3, 0.4) is 0 Å². The third-order valence-electron chi connectivity index (χ3n) is 3.30. The molecule has 0 bridgehead atoms. The van der Waals surface area contributed by atoms with Crippen LogP contribution in [0.4, 0.5) is 4.79 Å². The number of alkyl carbamates (subject to hydrolysis) is 1. The van der Waals surface area contributed by atoms with Gasteiger partial charge < -0.3 is 14.5 Å². The Morgan fingerprint density at radius 1 is 1.35 bits per heavy atom. The van der Waals surface area contributed by atoms with E-state index in [1.165, 1.54) is 0 Å². The highest BCUT2D eigenvalue weighted by Crippen LogP contribution is 2.27. The van der Waals surface area contributed by atoms with Crippen LogP contribution in [0.5, 0.6) is 0 Å². The molecule has 0 aliphatic rings. The lowest BCUT2D eigenvalue weighted by Crippen LogP contribution is -2.37. The molecule has 0 aromatic carbocycles. The lowest BCUT2D eigenvalue weighted by Gasteiger charge is -2.24. The molecule has 0 saturated carbocycles. The Balaban J connectivity index is 2.76. The molecule has 2 atom stereocenters. The van der Waals surface area contributed by atoms with E-state index < -0.39 is 11.7 Å². The molecule has 1 heterocycles. The Kier molecular flexibility index (Phi) is 7.88. The summed E-state index contributed by atoms with van der Waals surface area (Å²) in [6.45, 7) is 11.7. The van der Waals surface area contributed by atoms with Crippen molar-refractivity contribution in [3.8, 4) is 0 Å². The van der Waals surface area contributed by atoms with Crippen molar-refractivity contribution in [2.75, 3.05) is 5.75 Å². The van der Waals surface area contributed by atoms with Gasteiger partial charge in [-0.3, -0.25) is 0 Å². The van der Waals surface area contributed by atoms with Crippen molar-refractivity contribution in [1.82, 2.24) is 15.5 Å². The van der Waals surface area contributed by atoms with Gasteiger partial charge in [0, 0.05) is 5.75 Å². The van der Waals surface area contributed by atoms with E-state index >= 15 is 0 Å². The number of ether oxygens (including phenoxy) is 1. The number of hydrogen-bond acceptors (Lipinski definition) is 6. The Labute approximate surface area is 143 Å². The van der Waals surface area contributed by atoms with E-state index in [1.54, 1.807) is 11.8 Å². The largest absolute Gasteiger partial charge is 0.444 e. The van der Waals surface area contributed by atoms with Gasteiger partial charge in [-0.2, -0.15) is 0 Å². The van der Waals surface area contributed by atoms with Crippen LogP contribution in [-0.4, -0.2) is 27.6 Å². The van der Waals surface area contributed by atoms with Gasteiger partial charge in [0.1, 0.15) is 11.6 Å². The molecule has 0 aliphatic carbocycles. The van der Waals surface area contributed by atoms with Gasteiger partial charge in [0.25, 0.3) is 5.22 Å². The summed E-state index contributed by atoms with van der Waals surface area (Å²) in [5, 5.41) is 11.6. The molecule has 0 saturated heterocycles. The van der Waals surface area contributed by atoms with Crippen molar-refractivity contribution in [3.63, 3.8) is 0 Å². The first-order valence-electron chi connectivity index (χ1n) is 8.22. The van der Waals surface area contributed by atoms with Gasteiger partial charge in [-0.15, -0.1) is 10.2 Å². The summed E-state index contributed by atoms with van der Waals surface area (Å²) in [4.78, 5) is 12.1. The molecule has 1 rings (SSSR count). The van der Waals surface area contributed by atoms with E-state index in [2.05, 4.69) is 29.4 Å². The van der Waals surface area contributed by atoms with Crippen LogP contribution in [0, 0.1) is 5.92 Å². The lowest BCUT2D eigenvalue weighted by molar-refractivity contribution is 0.0474. The first-order valence-corrected chi connectivity index (χ1v) is 9.21. The number of hydrogen-bond donors (Lipinski definition) is 1. The Morgan fingerprint density at radius 3 is 2.61 bits per heavy atom. The number of rotatable bonds is 8. The van der Waals surface area contributed by atoms with E-state index in [0.29, 0.717) is 11.1 Å². The molecule has 0 aliphatic heterocycles. The fourth-order valence-electron chi connectivity index (χ4n) is 1.83. The molecule has 1 aromatic heterocycles. The van der Waals surface area contributed by atoms with Crippen molar-refractivity contribution in [3.05, 3.63) is 5.89 Å². The minimum absolute atomic E-state index is 0.163. The van der Waals surface area contributed by atoms with E-state index in [0.717, 1.165) is 25.0 Å². The summed E-state index contributed by atoms with van der Waals surface area (Å²) in [5.74, 6) is 1.55. The van der Waals surface area contributed by atoms with E-state index in [4.69, 9.17) is 9.15 Å². The Bertz CT molecular complexity index is 485. The minimum atomic E-state index is -0.542. The van der Waals surface area contributed by atoms with Gasteiger partial charge in [0.2, 0.25) is 5.89 Å². The number of carbonyl (C=O) groups is 1. The molecule has 0 unspecified atom stereocenters. The normalized spacial score (nSPS) is 14.3. The van der Waals surface area contributed by atoms with Crippen LogP contribution in [-0.2, 0) is 4.74 Å². The predicted octanol–water partition coefficient (Wildman–Crippen LogP) is 4.57. The molecule has 1 amide bonds. The SMILES string of the molecule is CCCCSc1nnc([C@@H](NC(=O)OC(C)(C)C)[C@@H](C)CC)o1. The van der Waals surface area contributed by atoms with Crippen molar-refractivity contribution < 1.29 is 13.9 Å². The molecule has 7 heteroatoms. The third-order valence-corrected chi connectivity index (χ3v) is 4.20. The Hall–Kier alpha value is -1.24. The van der Waals surface area contributed by atoms with E-state index in [1.807, 2.05) is 27.7 Å². The topological polar surface area (TPSA) is 77.2 Å². The van der Waals surface area contributed by atoms with Crippen molar-refractivity contribution in [1.29, 1.82) is 0 Å². The second-order valence-corrected chi connectivity index (χ2v) is 7.66. The van der Waals surface area contributed by atoms with Crippen LogP contribution < -0.4 is 5.32 Å². The Morgan fingerprint density at radius 2 is 2.04 bits per heavy atom. The van der Waals surface area contributed by atoms with Crippen LogP contribution in [0.25, 0.3) is 0 Å². The zero-order valence-electron chi connectivity index (χ0n) is 15.0. The number of nitrogens with zero attached hydrogens (tertiary/aromatic N) is 2. The van der Waals surface area contributed by atoms with Gasteiger partial charge in [-0.05, 0) is 33.1 Å². The quantitative estimate of drug-likeness (QED) is 0.550. The summed E-state index contributed by atoms with van der Waals surface area (Å²) >= 11 is 1.55. The molecule has 0 radical (unpaired) electrons. The monoisotopic (exact) mass is 343 g/mol. The van der Waals surface area contributed by atoms with Crippen molar-refractivity contribution >= 4 is 17.9 Å². The van der Waals surface area contributed by atoms with Crippen LogP contribution in [0.2, 0.25) is 0 Å². The van der Waals surface area contributed by atoms with Crippen LogP contribution in [0.15, 0.2) is 9.64 Å². The summed E-state index contributed by atoms with van der Waals surface area (Å²) in [7, 11) is 0. The van der Waals surface area contributed by atoms with E-state index in [-0.39, 0.29) is 12.0 Å². The summed E-state index contributed by atoms with van der Waals surface area (Å²) in [6.07, 6.45) is 2.64. The highest BCUT2D eigenvalue weighted by Gasteiger charge is 2.28. The maximum atomic E-state index is 12.1. The second-order valence-electron chi connectivity index (χ2n) is 6.62. The average molecular weight is 343 g/mol. The molecule has 0 spiro atoms. The summed E-state index contributed by atoms with van der Waals surface area (Å²) in [5.41, 5.74) is -0.542. The van der Waals surface area contributed by atoms with Crippen molar-refractivity contribution in [2.45, 2.75) is 77.7 Å². The lowest BCUT2D eigenvalue weighted by atomic mass is 9.99. The molecule has 6 nitrogen and oxygen atoms in total. The number of aromatic nitrogens is 2. The zero-order valence-corrected chi connectivity index (χ0v) is 15.8. The van der Waals surface area contributed by atoms with E-state index in [9.17, 15) is 4.79 Å². The molecule has 23 heavy (non-hydrogen) atoms. The third kappa shape index (κ3) is 7.24. The summed E-state index contributed by atoms with van der Waals surface area (Å²) < 4.78 is 11.0. The van der Waals surface area contributed by atoms with Gasteiger partial charge in [0.05, 0.1) is 0 Å². The number of thioether (sulfide) groups is 1. The molecule has 0 fully saturated rings. The first kappa shape index (κ1) is 19.8. The standard InChI is InChI=1S/C16H29N3O3S/c1-7-9-10-23-15-19-18-13(21-15)12(11(3)8-2)17-14(20)22-16(4,5)6/h11-12H,7-10H2,1-6H3,(H,17,20)/t11-,12-/m0/s1. The average Bonchev–Trinajstić information content (AvgIpc) is 2.91. The predicted molar refractivity (Wildman–Crippen MR) is 91.5 cm³/mol. The molecule has 1 aromatic rings. The fraction of sp³-hybridized carbons (Fsp3) is 0.812. The molecular formula is C16H29N3O3S. The van der Waals surface area contributed by atoms with Crippen LogP contribution in [0.1, 0.15) is 72.7 Å². The van der Waals surface area contributed by atoms with Gasteiger partial charge in [-0.1, -0.05) is 45.4 Å². The zero-order chi connectivity index (χ0) is 17.5. The second kappa shape index (κ2) is 9.15. The number of carbonyl (C=O) groups excluding carboxylic acids is 1. The van der Waals surface area contributed by atoms with Gasteiger partial charge in [0.15, 0.2) is 0 Å². The smallest absolute Gasteiger partial charge is 0.408 e. The molecular weight excluding hydrogens is 314 g/mol. The van der Waals surface area contributed by atoms with Gasteiger partial charge >= 0.3 is 6.09 Å². The van der Waals surface area contributed by atoms with Crippen LogP contribution >= 0.6 is 11.8 Å². The number of amides is 1. The first-order chi connectivity index (χ1) is 10.8. The highest BCUT2D eigenvalue weighted by molar-refractivity contribution is 7.99. The summed E-state index contributed by atoms with van der Waals surface area (Å²) in [6, 6.07) is -0.345. The number of unbranched alkanes of at least 4 members (excludes halogenated alkanes) is 1. The fourth-order valence-corrected chi connectivity index (χ4v) is 2.68. The molecule has 132 valence electrons. The number of nitrogens with one attached hydrogen (secondary N) is 1. The minimum Gasteiger partial charge on any atom is -0.444 e. The highest BCUT2D eigenvalue weighted by atomic mass is 32.2. The molecule has 1 N–H and O–H groups in total. The van der Waals surface area contributed by atoms with Gasteiger partial charge in [-0.25, -0.2) is 4.79 Å². The maximum Gasteiger partial charge on any atom is 0.408 e.